The van der Waals surface area contributed by atoms with Crippen LogP contribution < -0.4 is 10.6 Å². The fraction of sp³-hybridized carbons (Fsp3) is 0.143. The Balaban J connectivity index is 2.33. The van der Waals surface area contributed by atoms with Crippen LogP contribution in [0.5, 0.6) is 0 Å². The van der Waals surface area contributed by atoms with E-state index in [1.165, 1.54) is 12.3 Å². The molecule has 2 N–H and O–H groups in total. The first kappa shape index (κ1) is 13.9. The van der Waals surface area contributed by atoms with Crippen LogP contribution in [0.3, 0.4) is 0 Å². The average molecular weight is 277 g/mol. The Morgan fingerprint density at radius 2 is 1.90 bits per heavy atom. The summed E-state index contributed by atoms with van der Waals surface area (Å²) in [7, 11) is 1.65. The molecule has 1 aromatic heterocycles. The Morgan fingerprint density at radius 3 is 2.50 bits per heavy atom. The Hall–Kier alpha value is -2.50. The van der Waals surface area contributed by atoms with Crippen LogP contribution in [0.1, 0.15) is 16.1 Å². The number of carbonyl (C=O) groups excluding carboxylic acids is 1. The monoisotopic (exact) mass is 277 g/mol. The minimum atomic E-state index is -0.829. The summed E-state index contributed by atoms with van der Waals surface area (Å²) in [5.74, 6) is -2.29. The average Bonchev–Trinajstić information content (AvgIpc) is 2.42. The number of benzene rings is 1. The minimum Gasteiger partial charge on any atom is -0.387 e. The molecule has 0 aliphatic carbocycles. The summed E-state index contributed by atoms with van der Waals surface area (Å²) >= 11 is 0. The van der Waals surface area contributed by atoms with Gasteiger partial charge >= 0.3 is 0 Å². The molecule has 0 aliphatic heterocycles. The molecule has 1 heterocycles. The van der Waals surface area contributed by atoms with Crippen molar-refractivity contribution in [2.45, 2.75) is 6.92 Å². The van der Waals surface area contributed by atoms with E-state index in [0.29, 0.717) is 5.69 Å². The molecule has 6 heteroatoms. The van der Waals surface area contributed by atoms with Crippen LogP contribution in [0.15, 0.2) is 30.5 Å². The van der Waals surface area contributed by atoms with Crippen LogP contribution in [-0.2, 0) is 0 Å². The third-order valence-corrected chi connectivity index (χ3v) is 2.76. The number of hydrogen-bond donors (Lipinski definition) is 2. The molecule has 0 radical (unpaired) electrons. The third-order valence-electron chi connectivity index (χ3n) is 2.76. The zero-order chi connectivity index (χ0) is 14.7. The van der Waals surface area contributed by atoms with Crippen molar-refractivity contribution in [2.24, 2.45) is 0 Å². The second-order valence-corrected chi connectivity index (χ2v) is 4.17. The van der Waals surface area contributed by atoms with Crippen LogP contribution in [0.25, 0.3) is 0 Å². The van der Waals surface area contributed by atoms with Gasteiger partial charge in [0.05, 0.1) is 11.3 Å². The van der Waals surface area contributed by atoms with Gasteiger partial charge in [-0.15, -0.1) is 0 Å². The summed E-state index contributed by atoms with van der Waals surface area (Å²) in [6.07, 6.45) is 1.36. The molecule has 0 atom stereocenters. The summed E-state index contributed by atoms with van der Waals surface area (Å²) in [4.78, 5) is 16.1. The first-order chi connectivity index (χ1) is 9.52. The zero-order valence-electron chi connectivity index (χ0n) is 11.0. The van der Waals surface area contributed by atoms with E-state index in [-0.39, 0.29) is 5.56 Å². The predicted octanol–water partition coefficient (Wildman–Crippen LogP) is 2.96. The number of nitrogens with one attached hydrogen (secondary N) is 2. The Kier molecular flexibility index (Phi) is 3.93. The summed E-state index contributed by atoms with van der Waals surface area (Å²) in [6, 6.07) is 5.05. The molecule has 0 unspecified atom stereocenters. The summed E-state index contributed by atoms with van der Waals surface area (Å²) in [6.45, 7) is 1.78. The Morgan fingerprint density at radius 1 is 1.25 bits per heavy atom. The number of pyridine rings is 1. The van der Waals surface area contributed by atoms with Crippen molar-refractivity contribution in [1.82, 2.24) is 4.98 Å². The van der Waals surface area contributed by atoms with Crippen molar-refractivity contribution in [3.8, 4) is 0 Å². The lowest BCUT2D eigenvalue weighted by Crippen LogP contribution is -2.16. The van der Waals surface area contributed by atoms with Crippen molar-refractivity contribution < 1.29 is 13.6 Å². The molecule has 1 aromatic carbocycles. The molecular weight excluding hydrogens is 264 g/mol. The molecule has 0 saturated heterocycles. The third kappa shape index (κ3) is 2.74. The van der Waals surface area contributed by atoms with Gasteiger partial charge in [0, 0.05) is 18.9 Å². The van der Waals surface area contributed by atoms with E-state index in [9.17, 15) is 13.6 Å². The van der Waals surface area contributed by atoms with E-state index in [1.807, 2.05) is 0 Å². The van der Waals surface area contributed by atoms with Crippen molar-refractivity contribution in [3.63, 3.8) is 0 Å². The molecule has 0 bridgehead atoms. The highest BCUT2D eigenvalue weighted by molar-refractivity contribution is 6.07. The lowest BCUT2D eigenvalue weighted by molar-refractivity contribution is 0.102. The largest absolute Gasteiger partial charge is 0.387 e. The lowest BCUT2D eigenvalue weighted by Gasteiger charge is -2.11. The number of amides is 1. The van der Waals surface area contributed by atoms with Gasteiger partial charge in [-0.2, -0.15) is 0 Å². The number of rotatable bonds is 3. The minimum absolute atomic E-state index is 0.209. The van der Waals surface area contributed by atoms with Gasteiger partial charge in [0.15, 0.2) is 0 Å². The summed E-state index contributed by atoms with van der Waals surface area (Å²) in [5, 5.41) is 5.06. The Labute approximate surface area is 114 Å². The van der Waals surface area contributed by atoms with Crippen molar-refractivity contribution in [1.29, 1.82) is 0 Å². The molecular formula is C14H13F2N3O. The van der Waals surface area contributed by atoms with Gasteiger partial charge < -0.3 is 10.6 Å². The van der Waals surface area contributed by atoms with Crippen LogP contribution in [-0.4, -0.2) is 17.9 Å². The predicted molar refractivity (Wildman–Crippen MR) is 72.8 cm³/mol. The summed E-state index contributed by atoms with van der Waals surface area (Å²) < 4.78 is 27.0. The van der Waals surface area contributed by atoms with E-state index in [4.69, 9.17) is 0 Å². The van der Waals surface area contributed by atoms with Crippen molar-refractivity contribution >= 4 is 17.3 Å². The van der Waals surface area contributed by atoms with E-state index < -0.39 is 23.2 Å². The smallest absolute Gasteiger partial charge is 0.259 e. The highest BCUT2D eigenvalue weighted by Crippen LogP contribution is 2.21. The van der Waals surface area contributed by atoms with Crippen molar-refractivity contribution in [3.05, 3.63) is 53.4 Å². The Bertz CT molecular complexity index is 639. The molecule has 4 nitrogen and oxygen atoms in total. The standard InChI is InChI=1S/C14H13F2N3O/c1-8-6-12(17-2)9(7-18-8)14(20)19-13-10(15)4-3-5-11(13)16/h3-7H,1-2H3,(H,17,18)(H,19,20). The van der Waals surface area contributed by atoms with Gasteiger partial charge in [0.2, 0.25) is 0 Å². The number of anilines is 2. The maximum atomic E-state index is 13.5. The van der Waals surface area contributed by atoms with E-state index in [0.717, 1.165) is 17.8 Å². The maximum Gasteiger partial charge on any atom is 0.259 e. The molecule has 20 heavy (non-hydrogen) atoms. The number of carbonyl (C=O) groups is 1. The van der Waals surface area contributed by atoms with Crippen LogP contribution in [0, 0.1) is 18.6 Å². The second-order valence-electron chi connectivity index (χ2n) is 4.17. The highest BCUT2D eigenvalue weighted by atomic mass is 19.1. The molecule has 2 rings (SSSR count). The van der Waals surface area contributed by atoms with E-state index >= 15 is 0 Å². The molecule has 0 saturated carbocycles. The first-order valence-corrected chi connectivity index (χ1v) is 5.92. The molecule has 0 aliphatic rings. The van der Waals surface area contributed by atoms with E-state index in [2.05, 4.69) is 15.6 Å². The van der Waals surface area contributed by atoms with Gasteiger partial charge in [-0.1, -0.05) is 6.07 Å². The molecule has 2 aromatic rings. The van der Waals surface area contributed by atoms with Gasteiger partial charge in [-0.3, -0.25) is 9.78 Å². The number of para-hydroxylation sites is 1. The van der Waals surface area contributed by atoms with Gasteiger partial charge in [0.25, 0.3) is 5.91 Å². The summed E-state index contributed by atoms with van der Waals surface area (Å²) in [5.41, 5.74) is 0.996. The number of halogens is 2. The van der Waals surface area contributed by atoms with Gasteiger partial charge in [-0.25, -0.2) is 8.78 Å². The molecule has 104 valence electrons. The SMILES string of the molecule is CNc1cc(C)ncc1C(=O)Nc1c(F)cccc1F. The molecule has 1 amide bonds. The fourth-order valence-electron chi connectivity index (χ4n) is 1.75. The quantitative estimate of drug-likeness (QED) is 0.907. The highest BCUT2D eigenvalue weighted by Gasteiger charge is 2.16. The number of aromatic nitrogens is 1. The normalized spacial score (nSPS) is 10.2. The fourth-order valence-corrected chi connectivity index (χ4v) is 1.75. The van der Waals surface area contributed by atoms with Crippen LogP contribution in [0.2, 0.25) is 0 Å². The number of hydrogen-bond acceptors (Lipinski definition) is 3. The van der Waals surface area contributed by atoms with Crippen molar-refractivity contribution in [2.75, 3.05) is 17.7 Å². The maximum absolute atomic E-state index is 13.5. The van der Waals surface area contributed by atoms with E-state index in [1.54, 1.807) is 20.0 Å². The van der Waals surface area contributed by atoms with Crippen LogP contribution in [0.4, 0.5) is 20.2 Å². The zero-order valence-corrected chi connectivity index (χ0v) is 11.0. The number of aryl methyl sites for hydroxylation is 1. The topological polar surface area (TPSA) is 54.0 Å². The van der Waals surface area contributed by atoms with Crippen LogP contribution >= 0.6 is 0 Å². The number of nitrogens with zero attached hydrogens (tertiary/aromatic N) is 1. The lowest BCUT2D eigenvalue weighted by atomic mass is 10.2. The van der Waals surface area contributed by atoms with Gasteiger partial charge in [0.1, 0.15) is 17.3 Å². The second kappa shape index (κ2) is 5.64. The molecule has 0 fully saturated rings. The van der Waals surface area contributed by atoms with Gasteiger partial charge in [-0.05, 0) is 25.1 Å². The first-order valence-electron chi connectivity index (χ1n) is 5.92. The molecule has 0 spiro atoms.